The third-order valence-corrected chi connectivity index (χ3v) is 6.25. The van der Waals surface area contributed by atoms with Gasteiger partial charge in [0.15, 0.2) is 0 Å². The van der Waals surface area contributed by atoms with Crippen molar-refractivity contribution in [2.75, 3.05) is 13.2 Å². The average Bonchev–Trinajstić information content (AvgIpc) is 3.04. The van der Waals surface area contributed by atoms with E-state index < -0.39 is 23.9 Å². The van der Waals surface area contributed by atoms with E-state index in [0.717, 1.165) is 44.3 Å². The third-order valence-electron chi connectivity index (χ3n) is 6.25. The van der Waals surface area contributed by atoms with Crippen LogP contribution in [-0.2, 0) is 20.7 Å². The summed E-state index contributed by atoms with van der Waals surface area (Å²) >= 11 is 0. The summed E-state index contributed by atoms with van der Waals surface area (Å²) in [6, 6.07) is 17.5. The van der Waals surface area contributed by atoms with Gasteiger partial charge in [0.1, 0.15) is 23.0 Å². The molecule has 0 aliphatic heterocycles. The lowest BCUT2D eigenvalue weighted by Gasteiger charge is -2.12. The van der Waals surface area contributed by atoms with Crippen LogP contribution in [0.1, 0.15) is 65.3 Å². The van der Waals surface area contributed by atoms with Crippen molar-refractivity contribution in [1.82, 2.24) is 0 Å². The maximum absolute atomic E-state index is 12.8. The maximum Gasteiger partial charge on any atom is 0.343 e. The van der Waals surface area contributed by atoms with Crippen LogP contribution in [0.15, 0.2) is 92.0 Å². The molecular weight excluding hydrogens is 564 g/mol. The molecule has 9 heteroatoms. The monoisotopic (exact) mass is 600 g/mol. The summed E-state index contributed by atoms with van der Waals surface area (Å²) in [6.45, 7) is 9.61. The average molecular weight is 601 g/mol. The smallest absolute Gasteiger partial charge is 0.343 e. The number of carbonyl (C=O) groups is 4. The highest BCUT2D eigenvalue weighted by Crippen LogP contribution is 2.27. The van der Waals surface area contributed by atoms with E-state index >= 15 is 0 Å². The molecule has 0 radical (unpaired) electrons. The van der Waals surface area contributed by atoms with Gasteiger partial charge in [0.05, 0.1) is 24.3 Å². The summed E-state index contributed by atoms with van der Waals surface area (Å²) < 4.78 is 26.9. The second-order valence-electron chi connectivity index (χ2n) is 9.61. The van der Waals surface area contributed by atoms with Crippen LogP contribution in [0, 0.1) is 0 Å². The zero-order valence-corrected chi connectivity index (χ0v) is 24.8. The van der Waals surface area contributed by atoms with Gasteiger partial charge in [-0.25, -0.2) is 19.2 Å². The van der Waals surface area contributed by atoms with Crippen LogP contribution in [0.5, 0.6) is 23.0 Å². The standard InChI is InChI=1S/C35H36O9/c1-4-11-27-24-30(20-21-31(27)44-35(39)26-14-18-29(19-15-26)42-33(37)6-3)43-34(38)25-12-16-28(17-13-25)40-22-9-7-8-10-23-41-32(36)5-2/h5-6,12-21,24H,2-4,7-11,22-23H2,1H3. The number of hydrogen-bond acceptors (Lipinski definition) is 9. The molecule has 230 valence electrons. The molecule has 0 atom stereocenters. The molecule has 0 amide bonds. The highest BCUT2D eigenvalue weighted by molar-refractivity contribution is 5.92. The van der Waals surface area contributed by atoms with E-state index in [0.29, 0.717) is 48.0 Å². The van der Waals surface area contributed by atoms with Gasteiger partial charge in [-0.15, -0.1) is 0 Å². The van der Waals surface area contributed by atoms with E-state index in [1.54, 1.807) is 42.5 Å². The highest BCUT2D eigenvalue weighted by atomic mass is 16.5. The molecule has 9 nitrogen and oxygen atoms in total. The number of carbonyl (C=O) groups excluding carboxylic acids is 4. The van der Waals surface area contributed by atoms with E-state index in [9.17, 15) is 19.2 Å². The molecule has 0 N–H and O–H groups in total. The minimum atomic E-state index is -0.599. The predicted molar refractivity (Wildman–Crippen MR) is 164 cm³/mol. The third kappa shape index (κ3) is 10.9. The number of esters is 4. The van der Waals surface area contributed by atoms with E-state index in [1.165, 1.54) is 24.3 Å². The SMILES string of the molecule is C=CC(=O)OCCCCCCOc1ccc(C(=O)Oc2ccc(OC(=O)c3ccc(OC(=O)C=C)cc3)c(CCC)c2)cc1. The number of aryl methyl sites for hydroxylation is 1. The molecule has 0 bridgehead atoms. The molecule has 3 aromatic rings. The fourth-order valence-electron chi connectivity index (χ4n) is 3.99. The zero-order valence-electron chi connectivity index (χ0n) is 24.8. The minimum Gasteiger partial charge on any atom is -0.494 e. The van der Waals surface area contributed by atoms with E-state index in [-0.39, 0.29) is 11.3 Å². The lowest BCUT2D eigenvalue weighted by Crippen LogP contribution is -2.11. The molecular formula is C35H36O9. The van der Waals surface area contributed by atoms with Crippen LogP contribution in [0.3, 0.4) is 0 Å². The van der Waals surface area contributed by atoms with Crippen molar-refractivity contribution in [3.8, 4) is 23.0 Å². The molecule has 0 aliphatic rings. The summed E-state index contributed by atoms with van der Waals surface area (Å²) in [5, 5.41) is 0. The van der Waals surface area contributed by atoms with Gasteiger partial charge in [-0.3, -0.25) is 0 Å². The number of rotatable bonds is 17. The second kappa shape index (κ2) is 17.7. The van der Waals surface area contributed by atoms with Crippen molar-refractivity contribution < 1.29 is 42.9 Å². The van der Waals surface area contributed by atoms with E-state index in [2.05, 4.69) is 13.2 Å². The van der Waals surface area contributed by atoms with Gasteiger partial charge in [0.2, 0.25) is 0 Å². The largest absolute Gasteiger partial charge is 0.494 e. The molecule has 3 rings (SSSR count). The van der Waals surface area contributed by atoms with Crippen LogP contribution in [0.4, 0.5) is 0 Å². The number of benzene rings is 3. The molecule has 3 aromatic carbocycles. The Balaban J connectivity index is 1.50. The minimum absolute atomic E-state index is 0.275. The highest BCUT2D eigenvalue weighted by Gasteiger charge is 2.15. The van der Waals surface area contributed by atoms with Gasteiger partial charge >= 0.3 is 23.9 Å². The van der Waals surface area contributed by atoms with Crippen molar-refractivity contribution in [2.24, 2.45) is 0 Å². The first-order valence-electron chi connectivity index (χ1n) is 14.4. The van der Waals surface area contributed by atoms with Crippen LogP contribution in [0.2, 0.25) is 0 Å². The van der Waals surface area contributed by atoms with Gasteiger partial charge < -0.3 is 23.7 Å². The van der Waals surface area contributed by atoms with Crippen molar-refractivity contribution in [3.63, 3.8) is 0 Å². The summed E-state index contributed by atoms with van der Waals surface area (Å²) in [7, 11) is 0. The second-order valence-corrected chi connectivity index (χ2v) is 9.61. The van der Waals surface area contributed by atoms with Crippen molar-refractivity contribution in [1.29, 1.82) is 0 Å². The Morgan fingerprint density at radius 1 is 0.636 bits per heavy atom. The van der Waals surface area contributed by atoms with Crippen molar-refractivity contribution in [2.45, 2.75) is 45.4 Å². The molecule has 0 saturated heterocycles. The summed E-state index contributed by atoms with van der Waals surface area (Å²) in [6.07, 6.45) is 7.07. The first-order valence-corrected chi connectivity index (χ1v) is 14.4. The van der Waals surface area contributed by atoms with Crippen LogP contribution in [0.25, 0.3) is 0 Å². The van der Waals surface area contributed by atoms with Crippen molar-refractivity contribution in [3.05, 3.63) is 109 Å². The molecule has 0 saturated carbocycles. The first-order chi connectivity index (χ1) is 21.3. The Morgan fingerprint density at radius 2 is 1.20 bits per heavy atom. The predicted octanol–water partition coefficient (Wildman–Crippen LogP) is 6.84. The fourth-order valence-corrected chi connectivity index (χ4v) is 3.99. The fraction of sp³-hybridized carbons (Fsp3) is 0.257. The lowest BCUT2D eigenvalue weighted by atomic mass is 10.1. The zero-order chi connectivity index (χ0) is 31.7. The summed E-state index contributed by atoms with van der Waals surface area (Å²) in [4.78, 5) is 47.9. The first kappa shape index (κ1) is 33.3. The topological polar surface area (TPSA) is 114 Å². The summed E-state index contributed by atoms with van der Waals surface area (Å²) in [5.74, 6) is -0.512. The van der Waals surface area contributed by atoms with Gasteiger partial charge in [0.25, 0.3) is 0 Å². The molecule has 0 aromatic heterocycles. The van der Waals surface area contributed by atoms with Gasteiger partial charge in [0, 0.05) is 12.2 Å². The Labute approximate surface area is 257 Å². The number of ether oxygens (including phenoxy) is 5. The Morgan fingerprint density at radius 3 is 1.82 bits per heavy atom. The van der Waals surface area contributed by atoms with Gasteiger partial charge in [-0.05, 0) is 104 Å². The molecule has 0 unspecified atom stereocenters. The maximum atomic E-state index is 12.8. The van der Waals surface area contributed by atoms with Gasteiger partial charge in [-0.1, -0.05) is 26.5 Å². The quantitative estimate of drug-likeness (QED) is 0.0711. The van der Waals surface area contributed by atoms with Crippen LogP contribution >= 0.6 is 0 Å². The van der Waals surface area contributed by atoms with E-state index in [1.807, 2.05) is 6.92 Å². The Bertz CT molecular complexity index is 1440. The molecule has 0 fully saturated rings. The lowest BCUT2D eigenvalue weighted by molar-refractivity contribution is -0.137. The van der Waals surface area contributed by atoms with Crippen LogP contribution in [-0.4, -0.2) is 37.1 Å². The summed E-state index contributed by atoms with van der Waals surface area (Å²) in [5.41, 5.74) is 1.35. The van der Waals surface area contributed by atoms with Gasteiger partial charge in [-0.2, -0.15) is 0 Å². The normalized spacial score (nSPS) is 10.3. The Hall–Kier alpha value is -5.18. The molecule has 0 heterocycles. The Kier molecular flexibility index (Phi) is 13.4. The van der Waals surface area contributed by atoms with Crippen LogP contribution < -0.4 is 18.9 Å². The van der Waals surface area contributed by atoms with Crippen molar-refractivity contribution >= 4 is 23.9 Å². The molecule has 0 spiro atoms. The number of unbranched alkanes of at least 4 members (excludes halogenated alkanes) is 3. The number of hydrogen-bond donors (Lipinski definition) is 0. The molecule has 0 aliphatic carbocycles. The van der Waals surface area contributed by atoms with E-state index in [4.69, 9.17) is 23.7 Å². The molecule has 44 heavy (non-hydrogen) atoms.